The van der Waals surface area contributed by atoms with Crippen LogP contribution in [0.5, 0.6) is 5.75 Å². The number of ether oxygens (including phenoxy) is 1. The molecule has 0 amide bonds. The number of nitrogens with zero attached hydrogens (tertiary/aromatic N) is 3. The zero-order chi connectivity index (χ0) is 14.5. The van der Waals surface area contributed by atoms with Crippen molar-refractivity contribution in [3.8, 4) is 5.75 Å². The summed E-state index contributed by atoms with van der Waals surface area (Å²) in [5.41, 5.74) is 8.92. The summed E-state index contributed by atoms with van der Waals surface area (Å²) in [6.45, 7) is 0.748. The number of hydrogen-bond donors (Lipinski definition) is 1. The minimum Gasteiger partial charge on any atom is -0.494 e. The number of benzene rings is 1. The highest BCUT2D eigenvalue weighted by Gasteiger charge is 1.95. The predicted molar refractivity (Wildman–Crippen MR) is 86.9 cm³/mol. The molecule has 110 valence electrons. The van der Waals surface area contributed by atoms with E-state index in [1.807, 2.05) is 12.1 Å². The van der Waals surface area contributed by atoms with Crippen molar-refractivity contribution >= 4 is 18.3 Å². The highest BCUT2D eigenvalue weighted by Crippen LogP contribution is 2.18. The molecule has 0 aliphatic heterocycles. The first-order chi connectivity index (χ1) is 9.86. The Morgan fingerprint density at radius 3 is 2.15 bits per heavy atom. The molecule has 0 aliphatic rings. The smallest absolute Gasteiger partial charge is 0.119 e. The summed E-state index contributed by atoms with van der Waals surface area (Å²) < 4.78 is 5.64. The molecular formula is C15H23N3OS. The summed E-state index contributed by atoms with van der Waals surface area (Å²) in [5, 5.41) is 3.52. The first kappa shape index (κ1) is 16.7. The van der Waals surface area contributed by atoms with Gasteiger partial charge in [0.15, 0.2) is 0 Å². The molecule has 1 aromatic rings. The van der Waals surface area contributed by atoms with Crippen molar-refractivity contribution in [2.24, 2.45) is 5.11 Å². The summed E-state index contributed by atoms with van der Waals surface area (Å²) in [6, 6.07) is 7.19. The maximum atomic E-state index is 8.30. The highest BCUT2D eigenvalue weighted by atomic mass is 32.1. The molecule has 0 aliphatic carbocycles. The molecule has 5 heteroatoms. The molecule has 0 bridgehead atoms. The van der Waals surface area contributed by atoms with Crippen LogP contribution in [0.2, 0.25) is 0 Å². The molecule has 0 spiro atoms. The Morgan fingerprint density at radius 2 is 1.55 bits per heavy atom. The first-order valence-electron chi connectivity index (χ1n) is 7.25. The molecule has 1 rings (SSSR count). The van der Waals surface area contributed by atoms with Crippen LogP contribution < -0.4 is 4.74 Å². The van der Waals surface area contributed by atoms with Gasteiger partial charge in [-0.1, -0.05) is 37.2 Å². The SMILES string of the molecule is [N-]=[N+]=Nc1ccc(OCCCCCCCCCS)cc1. The van der Waals surface area contributed by atoms with Gasteiger partial charge >= 0.3 is 0 Å². The Kier molecular flexibility index (Phi) is 9.62. The van der Waals surface area contributed by atoms with Gasteiger partial charge in [0.05, 0.1) is 6.61 Å². The highest BCUT2D eigenvalue weighted by molar-refractivity contribution is 7.80. The van der Waals surface area contributed by atoms with Crippen molar-refractivity contribution in [1.29, 1.82) is 0 Å². The van der Waals surface area contributed by atoms with Crippen molar-refractivity contribution in [1.82, 2.24) is 0 Å². The standard InChI is InChI=1S/C15H23N3OS/c16-18-17-14-8-10-15(11-9-14)19-12-6-4-2-1-3-5-7-13-20/h8-11,20H,1-7,12-13H2. The number of azide groups is 1. The van der Waals surface area contributed by atoms with Crippen LogP contribution in [0.1, 0.15) is 44.9 Å². The minimum absolute atomic E-state index is 0.612. The molecule has 0 saturated carbocycles. The molecule has 1 aromatic carbocycles. The van der Waals surface area contributed by atoms with Crippen LogP contribution in [0.3, 0.4) is 0 Å². The van der Waals surface area contributed by atoms with E-state index in [0.29, 0.717) is 5.69 Å². The van der Waals surface area contributed by atoms with Gasteiger partial charge in [0, 0.05) is 10.6 Å². The van der Waals surface area contributed by atoms with Crippen molar-refractivity contribution < 1.29 is 4.74 Å². The van der Waals surface area contributed by atoms with Crippen molar-refractivity contribution in [2.45, 2.75) is 44.9 Å². The van der Waals surface area contributed by atoms with Gasteiger partial charge in [-0.15, -0.1) is 0 Å². The van der Waals surface area contributed by atoms with Crippen LogP contribution >= 0.6 is 12.6 Å². The fourth-order valence-electron chi connectivity index (χ4n) is 1.95. The number of thiol groups is 1. The molecule has 0 heterocycles. The fraction of sp³-hybridized carbons (Fsp3) is 0.600. The fourth-order valence-corrected chi connectivity index (χ4v) is 2.17. The van der Waals surface area contributed by atoms with E-state index < -0.39 is 0 Å². The van der Waals surface area contributed by atoms with Crippen LogP contribution in [0.4, 0.5) is 5.69 Å². The van der Waals surface area contributed by atoms with Gasteiger partial charge in [-0.05, 0) is 48.4 Å². The van der Waals surface area contributed by atoms with Gasteiger partial charge in [-0.25, -0.2) is 0 Å². The predicted octanol–water partition coefficient (Wildman–Crippen LogP) is 5.67. The molecule has 0 unspecified atom stereocenters. The zero-order valence-electron chi connectivity index (χ0n) is 11.9. The van der Waals surface area contributed by atoms with Gasteiger partial charge in [0.25, 0.3) is 0 Å². The lowest BCUT2D eigenvalue weighted by molar-refractivity contribution is 0.304. The lowest BCUT2D eigenvalue weighted by atomic mass is 10.1. The van der Waals surface area contributed by atoms with Gasteiger partial charge in [-0.3, -0.25) is 0 Å². The Bertz CT molecular complexity index is 402. The van der Waals surface area contributed by atoms with E-state index in [4.69, 9.17) is 10.3 Å². The maximum absolute atomic E-state index is 8.30. The summed E-state index contributed by atoms with van der Waals surface area (Å²) >= 11 is 4.20. The summed E-state index contributed by atoms with van der Waals surface area (Å²) in [7, 11) is 0. The molecule has 4 nitrogen and oxygen atoms in total. The van der Waals surface area contributed by atoms with Crippen LogP contribution in [-0.2, 0) is 0 Å². The van der Waals surface area contributed by atoms with E-state index in [-0.39, 0.29) is 0 Å². The van der Waals surface area contributed by atoms with Crippen LogP contribution in [0.25, 0.3) is 10.4 Å². The summed E-state index contributed by atoms with van der Waals surface area (Å²) in [6.07, 6.45) is 8.76. The van der Waals surface area contributed by atoms with E-state index in [1.165, 1.54) is 38.5 Å². The normalized spacial score (nSPS) is 10.1. The van der Waals surface area contributed by atoms with E-state index in [9.17, 15) is 0 Å². The quantitative estimate of drug-likeness (QED) is 0.185. The van der Waals surface area contributed by atoms with E-state index >= 15 is 0 Å². The minimum atomic E-state index is 0.612. The molecule has 0 atom stereocenters. The number of unbranched alkanes of at least 4 members (excludes halogenated alkanes) is 6. The molecule has 0 aromatic heterocycles. The van der Waals surface area contributed by atoms with Crippen molar-refractivity contribution in [2.75, 3.05) is 12.4 Å². The van der Waals surface area contributed by atoms with Crippen molar-refractivity contribution in [3.63, 3.8) is 0 Å². The lowest BCUT2D eigenvalue weighted by Crippen LogP contribution is -1.96. The van der Waals surface area contributed by atoms with Gasteiger partial charge in [0.2, 0.25) is 0 Å². The largest absolute Gasteiger partial charge is 0.494 e. The lowest BCUT2D eigenvalue weighted by Gasteiger charge is -2.06. The third-order valence-corrected chi connectivity index (χ3v) is 3.38. The molecule has 0 saturated heterocycles. The van der Waals surface area contributed by atoms with Crippen LogP contribution in [-0.4, -0.2) is 12.4 Å². The monoisotopic (exact) mass is 293 g/mol. The molecule has 0 fully saturated rings. The first-order valence-corrected chi connectivity index (χ1v) is 7.89. The third kappa shape index (κ3) is 7.97. The molecule has 0 N–H and O–H groups in total. The average Bonchev–Trinajstić information content (AvgIpc) is 2.47. The zero-order valence-corrected chi connectivity index (χ0v) is 12.8. The third-order valence-electron chi connectivity index (χ3n) is 3.07. The Morgan fingerprint density at radius 1 is 0.950 bits per heavy atom. The summed E-state index contributed by atoms with van der Waals surface area (Å²) in [5.74, 6) is 1.84. The van der Waals surface area contributed by atoms with E-state index in [1.54, 1.807) is 12.1 Å². The van der Waals surface area contributed by atoms with Gasteiger partial charge < -0.3 is 4.74 Å². The molecule has 0 radical (unpaired) electrons. The van der Waals surface area contributed by atoms with Crippen LogP contribution in [0.15, 0.2) is 29.4 Å². The topological polar surface area (TPSA) is 58.0 Å². The molecule has 20 heavy (non-hydrogen) atoms. The van der Waals surface area contributed by atoms with Gasteiger partial charge in [0.1, 0.15) is 5.75 Å². The van der Waals surface area contributed by atoms with E-state index in [2.05, 4.69) is 22.7 Å². The second-order valence-electron chi connectivity index (χ2n) is 4.73. The second-order valence-corrected chi connectivity index (χ2v) is 5.18. The maximum Gasteiger partial charge on any atom is 0.119 e. The summed E-state index contributed by atoms with van der Waals surface area (Å²) in [4.78, 5) is 2.74. The molecular weight excluding hydrogens is 270 g/mol. The Labute approximate surface area is 126 Å². The van der Waals surface area contributed by atoms with Crippen LogP contribution in [0, 0.1) is 0 Å². The average molecular weight is 293 g/mol. The Hall–Kier alpha value is -1.32. The van der Waals surface area contributed by atoms with Crippen molar-refractivity contribution in [3.05, 3.63) is 34.7 Å². The number of rotatable bonds is 11. The Balaban J connectivity index is 2.02. The second kappa shape index (κ2) is 11.5. The van der Waals surface area contributed by atoms with E-state index in [0.717, 1.165) is 24.5 Å². The number of hydrogen-bond acceptors (Lipinski definition) is 3. The van der Waals surface area contributed by atoms with Gasteiger partial charge in [-0.2, -0.15) is 12.6 Å².